The summed E-state index contributed by atoms with van der Waals surface area (Å²) in [5, 5.41) is 0. The molecule has 0 aromatic carbocycles. The lowest BCUT2D eigenvalue weighted by Crippen LogP contribution is -2.30. The number of ether oxygens (including phenoxy) is 3. The average Bonchev–Trinajstić information content (AvgIpc) is 3.32. The lowest BCUT2D eigenvalue weighted by Gasteiger charge is -2.18. The molecule has 0 saturated carbocycles. The van der Waals surface area contributed by atoms with E-state index in [1.807, 2.05) is 0 Å². The van der Waals surface area contributed by atoms with Gasteiger partial charge in [-0.1, -0.05) is 227 Å². The van der Waals surface area contributed by atoms with Crippen molar-refractivity contribution in [1.82, 2.24) is 0 Å². The molecular weight excluding hydrogens is 813 g/mol. The minimum absolute atomic E-state index is 0.0533. The van der Waals surface area contributed by atoms with Crippen LogP contribution in [0.5, 0.6) is 0 Å². The normalized spacial score (nSPS) is 13.0. The van der Waals surface area contributed by atoms with Crippen molar-refractivity contribution in [2.45, 2.75) is 258 Å². The van der Waals surface area contributed by atoms with Gasteiger partial charge in [0.25, 0.3) is 0 Å². The maximum atomic E-state index is 12.8. The summed E-state index contributed by atoms with van der Waals surface area (Å²) in [5.74, 6) is -0.472. The van der Waals surface area contributed by atoms with Gasteiger partial charge in [-0.05, 0) is 109 Å². The minimum Gasteiger partial charge on any atom is -0.462 e. The first-order valence-corrected chi connectivity index (χ1v) is 27.8. The minimum atomic E-state index is -0.577. The second kappa shape index (κ2) is 56.1. The van der Waals surface area contributed by atoms with Gasteiger partial charge in [0, 0.05) is 19.4 Å². The molecule has 0 aliphatic rings. The molecule has 0 bridgehead atoms. The zero-order valence-electron chi connectivity index (χ0n) is 43.4. The summed E-state index contributed by atoms with van der Waals surface area (Å²) in [5.41, 5.74) is 0. The van der Waals surface area contributed by atoms with Crippen molar-refractivity contribution in [3.8, 4) is 0 Å². The molecular formula is C61H104O5. The first kappa shape index (κ1) is 62.8. The van der Waals surface area contributed by atoms with Crippen LogP contribution in [0.1, 0.15) is 252 Å². The molecule has 378 valence electrons. The average molecular weight is 917 g/mol. The molecule has 5 nitrogen and oxygen atoms in total. The van der Waals surface area contributed by atoms with Crippen LogP contribution in [0.3, 0.4) is 0 Å². The monoisotopic (exact) mass is 917 g/mol. The molecule has 0 aliphatic heterocycles. The number of hydrogen-bond acceptors (Lipinski definition) is 5. The van der Waals surface area contributed by atoms with E-state index >= 15 is 0 Å². The van der Waals surface area contributed by atoms with Gasteiger partial charge in [-0.3, -0.25) is 9.59 Å². The summed E-state index contributed by atoms with van der Waals surface area (Å²) in [6.45, 7) is 7.57. The Kier molecular flexibility index (Phi) is 53.4. The van der Waals surface area contributed by atoms with Gasteiger partial charge < -0.3 is 14.2 Å². The van der Waals surface area contributed by atoms with E-state index in [1.54, 1.807) is 0 Å². The number of carbonyl (C=O) groups is 2. The molecule has 0 saturated heterocycles. The fourth-order valence-electron chi connectivity index (χ4n) is 7.46. The zero-order valence-corrected chi connectivity index (χ0v) is 43.4. The highest BCUT2D eigenvalue weighted by atomic mass is 16.6. The maximum absolute atomic E-state index is 12.8. The van der Waals surface area contributed by atoms with Gasteiger partial charge in [-0.25, -0.2) is 0 Å². The van der Waals surface area contributed by atoms with Crippen LogP contribution in [0.4, 0.5) is 0 Å². The van der Waals surface area contributed by atoms with Crippen LogP contribution in [0.15, 0.2) is 97.2 Å². The van der Waals surface area contributed by atoms with Crippen LogP contribution in [-0.2, 0) is 23.8 Å². The number of carbonyl (C=O) groups excluding carboxylic acids is 2. The molecule has 0 fully saturated rings. The third-order valence-corrected chi connectivity index (χ3v) is 11.6. The van der Waals surface area contributed by atoms with Crippen LogP contribution >= 0.6 is 0 Å². The van der Waals surface area contributed by atoms with E-state index in [9.17, 15) is 9.59 Å². The first-order chi connectivity index (χ1) is 32.6. The van der Waals surface area contributed by atoms with Crippen LogP contribution < -0.4 is 0 Å². The fourth-order valence-corrected chi connectivity index (χ4v) is 7.46. The Morgan fingerprint density at radius 1 is 0.348 bits per heavy atom. The molecule has 66 heavy (non-hydrogen) atoms. The second-order valence-corrected chi connectivity index (χ2v) is 18.1. The van der Waals surface area contributed by atoms with Gasteiger partial charge >= 0.3 is 11.9 Å². The summed E-state index contributed by atoms with van der Waals surface area (Å²) in [7, 11) is 0. The molecule has 0 spiro atoms. The fraction of sp³-hybridized carbons (Fsp3) is 0.705. The SMILES string of the molecule is CC/C=C\C/C=C\C/C=C\C/C=C\C/C=C\CCCC(=O)OC(COCCCCCCCC/C=C\C/C=C\CCC)COC(=O)CCCCCCCCCCC/C=C\CCCCCCCC. The number of rotatable bonds is 50. The van der Waals surface area contributed by atoms with Crippen molar-refractivity contribution in [2.24, 2.45) is 0 Å². The van der Waals surface area contributed by atoms with Crippen LogP contribution in [0.25, 0.3) is 0 Å². The topological polar surface area (TPSA) is 61.8 Å². The van der Waals surface area contributed by atoms with E-state index in [0.717, 1.165) is 89.9 Å². The van der Waals surface area contributed by atoms with E-state index < -0.39 is 6.10 Å². The van der Waals surface area contributed by atoms with Gasteiger partial charge in [0.1, 0.15) is 6.61 Å². The van der Waals surface area contributed by atoms with Gasteiger partial charge in [0.2, 0.25) is 0 Å². The van der Waals surface area contributed by atoms with Gasteiger partial charge in [-0.15, -0.1) is 0 Å². The number of unbranched alkanes of at least 4 members (excludes halogenated alkanes) is 23. The predicted molar refractivity (Wildman–Crippen MR) is 288 cm³/mol. The molecule has 0 heterocycles. The van der Waals surface area contributed by atoms with Crippen LogP contribution in [0.2, 0.25) is 0 Å². The van der Waals surface area contributed by atoms with Crippen molar-refractivity contribution >= 4 is 11.9 Å². The standard InChI is InChI=1S/C61H104O5/c1-4-7-10-13-16-19-22-25-28-30-31-33-34-36-39-42-45-48-51-54-60(62)65-58-59(57-64-56-53-50-47-44-41-38-27-24-21-18-15-12-9-6-3)66-61(63)55-52-49-46-43-40-37-35-32-29-26-23-20-17-14-11-8-5-2/h8,11-12,15,17,20-21,24-26,28-29,35,37,43,46,59H,4-7,9-10,13-14,16,18-19,22-23,27,30-34,36,38-42,44-45,47-58H2,1-3H3/b11-8-,15-12-,20-17-,24-21-,28-25-,29-26-,37-35-,46-43-. The first-order valence-electron chi connectivity index (χ1n) is 27.8. The predicted octanol–water partition coefficient (Wildman–Crippen LogP) is 19.0. The Morgan fingerprint density at radius 2 is 0.727 bits per heavy atom. The molecule has 0 aliphatic carbocycles. The van der Waals surface area contributed by atoms with E-state index in [-0.39, 0.29) is 25.2 Å². The third kappa shape index (κ3) is 53.4. The highest BCUT2D eigenvalue weighted by Gasteiger charge is 2.17. The Balaban J connectivity index is 4.36. The number of allylic oxidation sites excluding steroid dienone is 16. The highest BCUT2D eigenvalue weighted by Crippen LogP contribution is 2.14. The molecule has 0 radical (unpaired) electrons. The van der Waals surface area contributed by atoms with Crippen LogP contribution in [0, 0.1) is 0 Å². The molecule has 5 heteroatoms. The quantitative estimate of drug-likeness (QED) is 0.0346. The molecule has 0 N–H and O–H groups in total. The van der Waals surface area contributed by atoms with Gasteiger partial charge in [-0.2, -0.15) is 0 Å². The Morgan fingerprint density at radius 3 is 1.21 bits per heavy atom. The largest absolute Gasteiger partial charge is 0.462 e. The third-order valence-electron chi connectivity index (χ3n) is 11.6. The molecule has 0 amide bonds. The van der Waals surface area contributed by atoms with E-state index in [4.69, 9.17) is 14.2 Å². The van der Waals surface area contributed by atoms with Crippen molar-refractivity contribution in [1.29, 1.82) is 0 Å². The summed E-state index contributed by atoms with van der Waals surface area (Å²) in [6, 6.07) is 0. The lowest BCUT2D eigenvalue weighted by molar-refractivity contribution is -0.162. The van der Waals surface area contributed by atoms with Gasteiger partial charge in [0.15, 0.2) is 6.10 Å². The van der Waals surface area contributed by atoms with E-state index in [2.05, 4.69) is 118 Å². The molecule has 0 aromatic rings. The molecule has 1 unspecified atom stereocenters. The summed E-state index contributed by atoms with van der Waals surface area (Å²) in [4.78, 5) is 25.5. The molecule has 1 atom stereocenters. The Labute approximate surface area is 409 Å². The summed E-state index contributed by atoms with van der Waals surface area (Å²) < 4.78 is 17.4. The molecule has 0 aromatic heterocycles. The van der Waals surface area contributed by atoms with Crippen LogP contribution in [-0.4, -0.2) is 37.9 Å². The Hall–Kier alpha value is -3.18. The molecule has 0 rings (SSSR count). The van der Waals surface area contributed by atoms with Crippen molar-refractivity contribution in [2.75, 3.05) is 19.8 Å². The van der Waals surface area contributed by atoms with Crippen molar-refractivity contribution in [3.63, 3.8) is 0 Å². The smallest absolute Gasteiger partial charge is 0.306 e. The zero-order chi connectivity index (χ0) is 47.7. The summed E-state index contributed by atoms with van der Waals surface area (Å²) >= 11 is 0. The number of esters is 2. The number of hydrogen-bond donors (Lipinski definition) is 0. The second-order valence-electron chi connectivity index (χ2n) is 18.1. The Bertz CT molecular complexity index is 1270. The van der Waals surface area contributed by atoms with E-state index in [0.29, 0.717) is 19.4 Å². The van der Waals surface area contributed by atoms with Crippen molar-refractivity contribution in [3.05, 3.63) is 97.2 Å². The lowest BCUT2D eigenvalue weighted by atomic mass is 10.1. The maximum Gasteiger partial charge on any atom is 0.306 e. The van der Waals surface area contributed by atoms with Gasteiger partial charge in [0.05, 0.1) is 6.61 Å². The summed E-state index contributed by atoms with van der Waals surface area (Å²) in [6.07, 6.45) is 75.7. The van der Waals surface area contributed by atoms with Crippen molar-refractivity contribution < 1.29 is 23.8 Å². The highest BCUT2D eigenvalue weighted by molar-refractivity contribution is 5.70. The van der Waals surface area contributed by atoms with E-state index in [1.165, 1.54) is 128 Å².